The third-order valence-electron chi connectivity index (χ3n) is 4.56. The summed E-state index contributed by atoms with van der Waals surface area (Å²) in [4.78, 5) is 8.49. The molecule has 0 aliphatic heterocycles. The largest absolute Gasteiger partial charge is 0.370 e. The number of hydrogen-bond donors (Lipinski definition) is 2. The third-order valence-corrected chi connectivity index (χ3v) is 4.56. The Kier molecular flexibility index (Phi) is 6.69. The molecular formula is C18H21F2IN4. The molecule has 1 saturated carbocycles. The smallest absolute Gasteiger partial charge is 0.194 e. The molecule has 1 aromatic heterocycles. The van der Waals surface area contributed by atoms with Crippen molar-refractivity contribution in [2.75, 3.05) is 11.9 Å². The maximum absolute atomic E-state index is 14.3. The van der Waals surface area contributed by atoms with Crippen LogP contribution in [-0.4, -0.2) is 17.5 Å². The van der Waals surface area contributed by atoms with Gasteiger partial charge in [0.15, 0.2) is 17.6 Å². The summed E-state index contributed by atoms with van der Waals surface area (Å²) in [7, 11) is 0. The summed E-state index contributed by atoms with van der Waals surface area (Å²) in [5, 5.41) is 2.91. The molecule has 2 aromatic rings. The monoisotopic (exact) mass is 458 g/mol. The second-order valence-corrected chi connectivity index (χ2v) is 6.13. The predicted molar refractivity (Wildman–Crippen MR) is 106 cm³/mol. The lowest BCUT2D eigenvalue weighted by molar-refractivity contribution is 0.409. The Labute approximate surface area is 163 Å². The van der Waals surface area contributed by atoms with E-state index in [2.05, 4.69) is 15.3 Å². The van der Waals surface area contributed by atoms with E-state index in [1.165, 1.54) is 0 Å². The second kappa shape index (κ2) is 8.55. The molecule has 1 heterocycles. The molecule has 134 valence electrons. The fourth-order valence-electron chi connectivity index (χ4n) is 3.32. The van der Waals surface area contributed by atoms with Gasteiger partial charge in [0.2, 0.25) is 0 Å². The molecule has 3 rings (SSSR count). The topological polar surface area (TPSA) is 63.3 Å². The van der Waals surface area contributed by atoms with Gasteiger partial charge in [-0.15, -0.1) is 24.0 Å². The van der Waals surface area contributed by atoms with Crippen LogP contribution in [0.1, 0.15) is 31.2 Å². The van der Waals surface area contributed by atoms with E-state index < -0.39 is 17.0 Å². The van der Waals surface area contributed by atoms with Gasteiger partial charge in [0.25, 0.3) is 0 Å². The molecule has 0 amide bonds. The molecule has 0 bridgehead atoms. The summed E-state index contributed by atoms with van der Waals surface area (Å²) in [6, 6.07) is 9.76. The Morgan fingerprint density at radius 2 is 1.92 bits per heavy atom. The van der Waals surface area contributed by atoms with Gasteiger partial charge in [-0.2, -0.15) is 0 Å². The maximum atomic E-state index is 14.3. The number of nitrogens with one attached hydrogen (secondary N) is 1. The molecule has 0 spiro atoms. The van der Waals surface area contributed by atoms with Gasteiger partial charge in [0.1, 0.15) is 5.82 Å². The third kappa shape index (κ3) is 4.45. The first-order valence-corrected chi connectivity index (χ1v) is 8.03. The highest BCUT2D eigenvalue weighted by atomic mass is 127. The SMILES string of the molecule is I.NC(=NCC1(c2cccc(F)c2F)CCCC1)Nc1ccccn1. The number of nitrogens with zero attached hydrogens (tertiary/aromatic N) is 2. The molecule has 25 heavy (non-hydrogen) atoms. The lowest BCUT2D eigenvalue weighted by Gasteiger charge is -2.28. The highest BCUT2D eigenvalue weighted by molar-refractivity contribution is 14.0. The van der Waals surface area contributed by atoms with Crippen molar-refractivity contribution in [1.82, 2.24) is 4.98 Å². The second-order valence-electron chi connectivity index (χ2n) is 6.13. The number of anilines is 1. The van der Waals surface area contributed by atoms with Crippen LogP contribution in [0.25, 0.3) is 0 Å². The van der Waals surface area contributed by atoms with Gasteiger partial charge < -0.3 is 11.1 Å². The first-order chi connectivity index (χ1) is 11.6. The van der Waals surface area contributed by atoms with Crippen LogP contribution in [-0.2, 0) is 5.41 Å². The van der Waals surface area contributed by atoms with E-state index in [0.717, 1.165) is 31.7 Å². The number of aromatic nitrogens is 1. The summed E-state index contributed by atoms with van der Waals surface area (Å²) in [5.74, 6) is -0.777. The average molecular weight is 458 g/mol. The van der Waals surface area contributed by atoms with Crippen molar-refractivity contribution in [1.29, 1.82) is 0 Å². The molecule has 0 unspecified atom stereocenters. The number of aliphatic imine (C=N–C) groups is 1. The Morgan fingerprint density at radius 1 is 1.16 bits per heavy atom. The van der Waals surface area contributed by atoms with E-state index in [9.17, 15) is 8.78 Å². The van der Waals surface area contributed by atoms with E-state index in [4.69, 9.17) is 5.73 Å². The number of halogens is 3. The van der Waals surface area contributed by atoms with Crippen LogP contribution in [0.3, 0.4) is 0 Å². The molecule has 7 heteroatoms. The van der Waals surface area contributed by atoms with Crippen LogP contribution in [0.2, 0.25) is 0 Å². The minimum absolute atomic E-state index is 0. The van der Waals surface area contributed by atoms with E-state index in [1.807, 2.05) is 6.07 Å². The zero-order valence-electron chi connectivity index (χ0n) is 13.7. The van der Waals surface area contributed by atoms with Crippen molar-refractivity contribution < 1.29 is 8.78 Å². The van der Waals surface area contributed by atoms with Gasteiger partial charge in [-0.05, 0) is 36.6 Å². The highest BCUT2D eigenvalue weighted by Gasteiger charge is 2.38. The zero-order chi connectivity index (χ0) is 17.0. The summed E-state index contributed by atoms with van der Waals surface area (Å²) in [6.07, 6.45) is 5.13. The maximum Gasteiger partial charge on any atom is 0.194 e. The van der Waals surface area contributed by atoms with Crippen molar-refractivity contribution in [3.63, 3.8) is 0 Å². The Hall–Kier alpha value is -1.77. The van der Waals surface area contributed by atoms with E-state index in [1.54, 1.807) is 30.5 Å². The van der Waals surface area contributed by atoms with Crippen LogP contribution in [0.15, 0.2) is 47.6 Å². The molecule has 1 aliphatic carbocycles. The standard InChI is InChI=1S/C18H20F2N4.HI/c19-14-7-5-6-13(16(14)20)18(9-2-3-10-18)12-23-17(21)24-15-8-1-4-11-22-15;/h1,4-8,11H,2-3,9-10,12H2,(H3,21,22,23,24);1H. The average Bonchev–Trinajstić information content (AvgIpc) is 3.06. The first-order valence-electron chi connectivity index (χ1n) is 8.03. The van der Waals surface area contributed by atoms with Crippen LogP contribution in [0, 0.1) is 11.6 Å². The molecular weight excluding hydrogens is 437 g/mol. The summed E-state index contributed by atoms with van der Waals surface area (Å²) in [6.45, 7) is 0.318. The van der Waals surface area contributed by atoms with Gasteiger partial charge in [-0.25, -0.2) is 13.8 Å². The van der Waals surface area contributed by atoms with E-state index >= 15 is 0 Å². The Balaban J connectivity index is 0.00000225. The summed E-state index contributed by atoms with van der Waals surface area (Å²) < 4.78 is 27.9. The minimum atomic E-state index is -0.817. The first kappa shape index (κ1) is 19.6. The molecule has 1 fully saturated rings. The predicted octanol–water partition coefficient (Wildman–Crippen LogP) is 4.22. The van der Waals surface area contributed by atoms with E-state index in [-0.39, 0.29) is 29.9 Å². The molecule has 1 aromatic carbocycles. The van der Waals surface area contributed by atoms with Crippen molar-refractivity contribution >= 4 is 35.8 Å². The normalized spacial score (nSPS) is 16.3. The quantitative estimate of drug-likeness (QED) is 0.410. The van der Waals surface area contributed by atoms with Crippen LogP contribution < -0.4 is 11.1 Å². The van der Waals surface area contributed by atoms with Crippen LogP contribution in [0.4, 0.5) is 14.6 Å². The fraction of sp³-hybridized carbons (Fsp3) is 0.333. The van der Waals surface area contributed by atoms with Crippen molar-refractivity contribution in [3.05, 3.63) is 59.8 Å². The molecule has 3 N–H and O–H groups in total. The summed E-state index contributed by atoms with van der Waals surface area (Å²) >= 11 is 0. The van der Waals surface area contributed by atoms with Gasteiger partial charge in [-0.3, -0.25) is 4.99 Å². The fourth-order valence-corrected chi connectivity index (χ4v) is 3.32. The number of rotatable bonds is 4. The molecule has 0 atom stereocenters. The molecule has 1 aliphatic rings. The Bertz CT molecular complexity index is 731. The molecule has 4 nitrogen and oxygen atoms in total. The number of benzene rings is 1. The number of nitrogens with two attached hydrogens (primary N) is 1. The van der Waals surface area contributed by atoms with E-state index in [0.29, 0.717) is 17.9 Å². The van der Waals surface area contributed by atoms with Gasteiger partial charge >= 0.3 is 0 Å². The lowest BCUT2D eigenvalue weighted by Crippen LogP contribution is -2.31. The van der Waals surface area contributed by atoms with Gasteiger partial charge in [0.05, 0.1) is 6.54 Å². The van der Waals surface area contributed by atoms with Crippen LogP contribution in [0.5, 0.6) is 0 Å². The van der Waals surface area contributed by atoms with Crippen molar-refractivity contribution in [2.45, 2.75) is 31.1 Å². The number of hydrogen-bond acceptors (Lipinski definition) is 2. The molecule has 0 radical (unpaired) electrons. The zero-order valence-corrected chi connectivity index (χ0v) is 16.0. The number of guanidine groups is 1. The molecule has 0 saturated heterocycles. The van der Waals surface area contributed by atoms with Gasteiger partial charge in [-0.1, -0.05) is 31.0 Å². The van der Waals surface area contributed by atoms with Crippen LogP contribution >= 0.6 is 24.0 Å². The minimum Gasteiger partial charge on any atom is -0.370 e. The van der Waals surface area contributed by atoms with Crippen molar-refractivity contribution in [3.8, 4) is 0 Å². The number of pyridine rings is 1. The highest BCUT2D eigenvalue weighted by Crippen LogP contribution is 2.42. The lowest BCUT2D eigenvalue weighted by atomic mass is 9.78. The Morgan fingerprint density at radius 3 is 2.60 bits per heavy atom. The van der Waals surface area contributed by atoms with Crippen molar-refractivity contribution in [2.24, 2.45) is 10.7 Å². The summed E-state index contributed by atoms with van der Waals surface area (Å²) in [5.41, 5.74) is 5.82. The van der Waals surface area contributed by atoms with Gasteiger partial charge in [0, 0.05) is 11.6 Å².